The van der Waals surface area contributed by atoms with Crippen molar-refractivity contribution in [2.45, 2.75) is 30.7 Å². The molecule has 0 saturated heterocycles. The van der Waals surface area contributed by atoms with E-state index in [2.05, 4.69) is 9.71 Å². The van der Waals surface area contributed by atoms with Gasteiger partial charge in [0.25, 0.3) is 0 Å². The molecule has 0 bridgehead atoms. The zero-order chi connectivity index (χ0) is 16.4. The molecule has 1 aliphatic carbocycles. The molecule has 0 atom stereocenters. The fourth-order valence-electron chi connectivity index (χ4n) is 3.01. The number of sulfonamides is 1. The summed E-state index contributed by atoms with van der Waals surface area (Å²) >= 11 is 0. The Bertz CT molecular complexity index is 785. The van der Waals surface area contributed by atoms with Gasteiger partial charge in [0.15, 0.2) is 0 Å². The highest BCUT2D eigenvalue weighted by atomic mass is 32.2. The van der Waals surface area contributed by atoms with Crippen molar-refractivity contribution in [2.24, 2.45) is 5.92 Å². The van der Waals surface area contributed by atoms with Crippen LogP contribution >= 0.6 is 0 Å². The van der Waals surface area contributed by atoms with Crippen molar-refractivity contribution in [3.8, 4) is 11.1 Å². The van der Waals surface area contributed by atoms with Crippen molar-refractivity contribution in [3.05, 3.63) is 48.3 Å². The van der Waals surface area contributed by atoms with Crippen LogP contribution in [0.25, 0.3) is 11.1 Å². The largest absolute Gasteiger partial charge is 0.396 e. The smallest absolute Gasteiger partial charge is 0.241 e. The van der Waals surface area contributed by atoms with Gasteiger partial charge in [-0.05, 0) is 43.4 Å². The number of nitrogens with one attached hydrogen (secondary N) is 1. The van der Waals surface area contributed by atoms with Crippen LogP contribution in [0.4, 0.5) is 0 Å². The zero-order valence-corrected chi connectivity index (χ0v) is 13.8. The molecule has 1 saturated carbocycles. The fourth-order valence-corrected chi connectivity index (χ4v) is 4.57. The van der Waals surface area contributed by atoms with Gasteiger partial charge in [-0.1, -0.05) is 18.2 Å². The summed E-state index contributed by atoms with van der Waals surface area (Å²) in [5.41, 5.74) is 2.36. The molecule has 6 heteroatoms. The second-order valence-corrected chi connectivity index (χ2v) is 7.71. The van der Waals surface area contributed by atoms with Gasteiger partial charge in [-0.3, -0.25) is 4.98 Å². The van der Waals surface area contributed by atoms with E-state index >= 15 is 0 Å². The minimum Gasteiger partial charge on any atom is -0.396 e. The molecule has 0 spiro atoms. The van der Waals surface area contributed by atoms with Crippen molar-refractivity contribution in [1.29, 1.82) is 0 Å². The lowest BCUT2D eigenvalue weighted by atomic mass is 9.82. The second-order valence-electron chi connectivity index (χ2n) is 6.03. The van der Waals surface area contributed by atoms with Crippen molar-refractivity contribution in [3.63, 3.8) is 0 Å². The third-order valence-electron chi connectivity index (χ3n) is 4.29. The highest BCUT2D eigenvalue weighted by Gasteiger charge is 2.33. The van der Waals surface area contributed by atoms with Gasteiger partial charge >= 0.3 is 0 Å². The average Bonchev–Trinajstić information content (AvgIpc) is 2.51. The number of aliphatic hydroxyl groups is 1. The highest BCUT2D eigenvalue weighted by Crippen LogP contribution is 2.32. The van der Waals surface area contributed by atoms with E-state index < -0.39 is 10.0 Å². The summed E-state index contributed by atoms with van der Waals surface area (Å²) in [7, 11) is -3.61. The average molecular weight is 332 g/mol. The summed E-state index contributed by atoms with van der Waals surface area (Å²) < 4.78 is 28.3. The van der Waals surface area contributed by atoms with Crippen LogP contribution in [0.1, 0.15) is 18.4 Å². The van der Waals surface area contributed by atoms with Gasteiger partial charge in [0, 0.05) is 36.2 Å². The van der Waals surface area contributed by atoms with Crippen molar-refractivity contribution in [1.82, 2.24) is 9.71 Å². The van der Waals surface area contributed by atoms with Gasteiger partial charge in [0.2, 0.25) is 10.0 Å². The molecule has 1 aromatic heterocycles. The molecule has 23 heavy (non-hydrogen) atoms. The number of rotatable bonds is 5. The molecule has 0 aliphatic heterocycles. The van der Waals surface area contributed by atoms with Crippen LogP contribution in [-0.4, -0.2) is 31.2 Å². The normalized spacial score (nSPS) is 21.0. The summed E-state index contributed by atoms with van der Waals surface area (Å²) in [6, 6.07) is 8.83. The van der Waals surface area contributed by atoms with E-state index in [1.807, 2.05) is 19.1 Å². The van der Waals surface area contributed by atoms with Crippen LogP contribution in [-0.2, 0) is 10.0 Å². The third-order valence-corrected chi connectivity index (χ3v) is 5.85. The predicted molar refractivity (Wildman–Crippen MR) is 88.3 cm³/mol. The number of aromatic nitrogens is 1. The van der Waals surface area contributed by atoms with Gasteiger partial charge in [-0.25, -0.2) is 13.1 Å². The number of hydrogen-bond acceptors (Lipinski definition) is 4. The first-order valence-electron chi connectivity index (χ1n) is 7.64. The number of aryl methyl sites for hydroxylation is 1. The Morgan fingerprint density at radius 3 is 2.70 bits per heavy atom. The van der Waals surface area contributed by atoms with Crippen LogP contribution in [0, 0.1) is 12.8 Å². The van der Waals surface area contributed by atoms with Crippen LogP contribution in [0.3, 0.4) is 0 Å². The zero-order valence-electron chi connectivity index (χ0n) is 12.9. The second kappa shape index (κ2) is 6.39. The number of benzene rings is 1. The fraction of sp³-hybridized carbons (Fsp3) is 0.353. The summed E-state index contributed by atoms with van der Waals surface area (Å²) in [5, 5.41) is 9.06. The molecule has 1 heterocycles. The Morgan fingerprint density at radius 1 is 1.26 bits per heavy atom. The van der Waals surface area contributed by atoms with Crippen molar-refractivity contribution < 1.29 is 13.5 Å². The Labute approximate surface area is 136 Å². The molecule has 3 rings (SSSR count). The molecule has 2 N–H and O–H groups in total. The van der Waals surface area contributed by atoms with E-state index in [1.165, 1.54) is 0 Å². The van der Waals surface area contributed by atoms with Gasteiger partial charge in [-0.15, -0.1) is 0 Å². The Hall–Kier alpha value is -1.76. The Morgan fingerprint density at radius 2 is 2.04 bits per heavy atom. The lowest BCUT2D eigenvalue weighted by molar-refractivity contribution is 0.137. The van der Waals surface area contributed by atoms with E-state index in [-0.39, 0.29) is 23.5 Å². The molecule has 122 valence electrons. The minimum atomic E-state index is -3.61. The maximum Gasteiger partial charge on any atom is 0.241 e. The topological polar surface area (TPSA) is 79.3 Å². The van der Waals surface area contributed by atoms with Gasteiger partial charge in [-0.2, -0.15) is 0 Å². The van der Waals surface area contributed by atoms with Crippen LogP contribution in [0.15, 0.2) is 47.6 Å². The van der Waals surface area contributed by atoms with Gasteiger partial charge < -0.3 is 5.11 Å². The van der Waals surface area contributed by atoms with E-state index in [9.17, 15) is 8.42 Å². The molecule has 1 fully saturated rings. The molecule has 2 aromatic rings. The molecule has 5 nitrogen and oxygen atoms in total. The van der Waals surface area contributed by atoms with E-state index in [0.29, 0.717) is 18.4 Å². The van der Waals surface area contributed by atoms with Gasteiger partial charge in [0.1, 0.15) is 0 Å². The first kappa shape index (κ1) is 16.1. The molecule has 1 aliphatic rings. The first-order chi connectivity index (χ1) is 11.0. The Balaban J connectivity index is 1.95. The number of nitrogens with zero attached hydrogens (tertiary/aromatic N) is 1. The summed E-state index contributed by atoms with van der Waals surface area (Å²) in [6.45, 7) is 2.01. The van der Waals surface area contributed by atoms with E-state index in [0.717, 1.165) is 11.1 Å². The van der Waals surface area contributed by atoms with Crippen LogP contribution < -0.4 is 4.72 Å². The predicted octanol–water partition coefficient (Wildman–Crippen LogP) is 2.11. The van der Waals surface area contributed by atoms with Crippen LogP contribution in [0.2, 0.25) is 0 Å². The maximum atomic E-state index is 12.8. The molecule has 0 unspecified atom stereocenters. The summed E-state index contributed by atoms with van der Waals surface area (Å²) in [5.74, 6) is 0.206. The number of hydrogen-bond donors (Lipinski definition) is 2. The van der Waals surface area contributed by atoms with Crippen molar-refractivity contribution >= 4 is 10.0 Å². The van der Waals surface area contributed by atoms with Gasteiger partial charge in [0.05, 0.1) is 4.90 Å². The third kappa shape index (κ3) is 3.29. The maximum absolute atomic E-state index is 12.8. The molecule has 0 amide bonds. The molecule has 1 aromatic carbocycles. The lowest BCUT2D eigenvalue weighted by Crippen LogP contribution is -2.45. The van der Waals surface area contributed by atoms with Crippen LogP contribution in [0.5, 0.6) is 0 Å². The molecule has 0 radical (unpaired) electrons. The Kier molecular flexibility index (Phi) is 4.48. The summed E-state index contributed by atoms with van der Waals surface area (Å²) in [4.78, 5) is 4.37. The minimum absolute atomic E-state index is 0.0978. The highest BCUT2D eigenvalue weighted by molar-refractivity contribution is 7.89. The van der Waals surface area contributed by atoms with E-state index in [1.54, 1.807) is 30.6 Å². The molecular formula is C17H20N2O3S. The van der Waals surface area contributed by atoms with Crippen molar-refractivity contribution in [2.75, 3.05) is 6.61 Å². The lowest BCUT2D eigenvalue weighted by Gasteiger charge is -2.34. The number of aliphatic hydroxyl groups excluding tert-OH is 1. The standard InChI is InChI=1S/C17H20N2O3S/c1-12-4-2-6-16(17(12)14-5-3-7-18-10-14)23(21,22)19-15-8-13(9-15)11-20/h2-7,10,13,15,19-20H,8-9,11H2,1H3. The monoisotopic (exact) mass is 332 g/mol. The van der Waals surface area contributed by atoms with E-state index in [4.69, 9.17) is 5.11 Å². The summed E-state index contributed by atoms with van der Waals surface area (Å²) in [6.07, 6.45) is 4.71. The first-order valence-corrected chi connectivity index (χ1v) is 9.13. The SMILES string of the molecule is Cc1cccc(S(=O)(=O)NC2CC(CO)C2)c1-c1cccnc1. The number of pyridine rings is 1. The molecular weight excluding hydrogens is 312 g/mol. The quantitative estimate of drug-likeness (QED) is 0.879.